The van der Waals surface area contributed by atoms with E-state index in [-0.39, 0.29) is 17.6 Å². The number of methoxy groups -OCH3 is 1. The molecule has 0 aliphatic heterocycles. The number of carbonyl (C=O) groups excluding carboxylic acids is 2. The van der Waals surface area contributed by atoms with E-state index in [1.54, 1.807) is 38.3 Å². The molecule has 0 spiro atoms. The second-order valence-corrected chi connectivity index (χ2v) is 8.67. The number of rotatable bonds is 4. The Kier molecular flexibility index (Phi) is 5.41. The summed E-state index contributed by atoms with van der Waals surface area (Å²) in [7, 11) is 1.56. The fourth-order valence-electron chi connectivity index (χ4n) is 4.80. The van der Waals surface area contributed by atoms with E-state index in [2.05, 4.69) is 0 Å². The van der Waals surface area contributed by atoms with E-state index in [0.717, 1.165) is 5.57 Å². The van der Waals surface area contributed by atoms with Gasteiger partial charge < -0.3 is 14.6 Å². The van der Waals surface area contributed by atoms with Crippen LogP contribution < -0.4 is 4.74 Å². The van der Waals surface area contributed by atoms with Crippen LogP contribution in [0.4, 0.5) is 0 Å². The average molecular weight is 386 g/mol. The number of ketones is 1. The van der Waals surface area contributed by atoms with Gasteiger partial charge in [-0.05, 0) is 68.9 Å². The van der Waals surface area contributed by atoms with E-state index in [4.69, 9.17) is 9.47 Å². The second-order valence-electron chi connectivity index (χ2n) is 8.67. The van der Waals surface area contributed by atoms with Gasteiger partial charge in [-0.3, -0.25) is 4.79 Å². The van der Waals surface area contributed by atoms with Crippen molar-refractivity contribution in [3.63, 3.8) is 0 Å². The fraction of sp³-hybridized carbons (Fsp3) is 0.565. The SMILES string of the molecule is COc1ccc(C(=O)O[C@H]2C=C(C)CC[C@@]3(O)[C@@H](C(C)C)CC(=O)[C@]23C)cc1. The summed E-state index contributed by atoms with van der Waals surface area (Å²) in [6.07, 6.45) is 2.54. The number of Topliss-reactive ketones (excluding diaryl/α,β-unsaturated/α-hetero) is 1. The number of esters is 1. The number of allylic oxidation sites excluding steroid dienone is 1. The third-order valence-corrected chi connectivity index (χ3v) is 6.77. The fourth-order valence-corrected chi connectivity index (χ4v) is 4.80. The molecule has 4 atom stereocenters. The molecule has 0 saturated heterocycles. The van der Waals surface area contributed by atoms with E-state index in [1.807, 2.05) is 26.8 Å². The van der Waals surface area contributed by atoms with Crippen molar-refractivity contribution in [3.8, 4) is 5.75 Å². The number of benzene rings is 1. The van der Waals surface area contributed by atoms with Gasteiger partial charge in [0.25, 0.3) is 0 Å². The number of hydrogen-bond acceptors (Lipinski definition) is 5. The number of ether oxygens (including phenoxy) is 2. The van der Waals surface area contributed by atoms with Crippen LogP contribution >= 0.6 is 0 Å². The van der Waals surface area contributed by atoms with Crippen molar-refractivity contribution in [2.45, 2.75) is 58.7 Å². The predicted molar refractivity (Wildman–Crippen MR) is 106 cm³/mol. The highest BCUT2D eigenvalue weighted by Crippen LogP contribution is 2.56. The molecule has 1 aromatic carbocycles. The molecule has 0 aromatic heterocycles. The first kappa shape index (κ1) is 20.6. The molecule has 3 rings (SSSR count). The Balaban J connectivity index is 1.96. The van der Waals surface area contributed by atoms with Crippen molar-refractivity contribution < 1.29 is 24.2 Å². The molecule has 0 amide bonds. The van der Waals surface area contributed by atoms with Crippen LogP contribution in [0.25, 0.3) is 0 Å². The van der Waals surface area contributed by atoms with Crippen molar-refractivity contribution >= 4 is 11.8 Å². The van der Waals surface area contributed by atoms with Crippen LogP contribution in [0.3, 0.4) is 0 Å². The summed E-state index contributed by atoms with van der Waals surface area (Å²) in [6.45, 7) is 7.78. The molecular weight excluding hydrogens is 356 g/mol. The molecule has 5 heteroatoms. The minimum absolute atomic E-state index is 0.0350. The van der Waals surface area contributed by atoms with Gasteiger partial charge in [-0.25, -0.2) is 4.79 Å². The van der Waals surface area contributed by atoms with Crippen LogP contribution in [-0.2, 0) is 9.53 Å². The first-order valence-corrected chi connectivity index (χ1v) is 9.91. The molecular formula is C23H30O5. The summed E-state index contributed by atoms with van der Waals surface area (Å²) >= 11 is 0. The van der Waals surface area contributed by atoms with Gasteiger partial charge in [0.1, 0.15) is 17.6 Å². The molecule has 1 fully saturated rings. The molecule has 28 heavy (non-hydrogen) atoms. The summed E-state index contributed by atoms with van der Waals surface area (Å²) in [6, 6.07) is 6.66. The largest absolute Gasteiger partial charge is 0.497 e. The van der Waals surface area contributed by atoms with Crippen molar-refractivity contribution in [1.82, 2.24) is 0 Å². The van der Waals surface area contributed by atoms with E-state index in [0.29, 0.717) is 30.6 Å². The Hall–Kier alpha value is -2.14. The van der Waals surface area contributed by atoms with Crippen LogP contribution in [0, 0.1) is 17.3 Å². The van der Waals surface area contributed by atoms with Gasteiger partial charge in [-0.2, -0.15) is 0 Å². The lowest BCUT2D eigenvalue weighted by atomic mass is 9.65. The van der Waals surface area contributed by atoms with Gasteiger partial charge in [0, 0.05) is 6.42 Å². The van der Waals surface area contributed by atoms with Crippen LogP contribution in [0.2, 0.25) is 0 Å². The summed E-state index contributed by atoms with van der Waals surface area (Å²) in [5.74, 6) is 0.114. The normalized spacial score (nSPS) is 32.5. The molecule has 152 valence electrons. The van der Waals surface area contributed by atoms with Gasteiger partial charge >= 0.3 is 5.97 Å². The van der Waals surface area contributed by atoms with Gasteiger partial charge in [0.2, 0.25) is 0 Å². The molecule has 2 aliphatic rings. The van der Waals surface area contributed by atoms with Crippen molar-refractivity contribution in [2.24, 2.45) is 17.3 Å². The number of hydrogen-bond donors (Lipinski definition) is 1. The Bertz CT molecular complexity index is 794. The van der Waals surface area contributed by atoms with Gasteiger partial charge in [0.05, 0.1) is 23.7 Å². The highest BCUT2D eigenvalue weighted by Gasteiger charge is 2.66. The highest BCUT2D eigenvalue weighted by atomic mass is 16.5. The Morgan fingerprint density at radius 1 is 1.25 bits per heavy atom. The second kappa shape index (κ2) is 7.36. The minimum Gasteiger partial charge on any atom is -0.497 e. The zero-order valence-corrected chi connectivity index (χ0v) is 17.3. The molecule has 2 aliphatic carbocycles. The van der Waals surface area contributed by atoms with E-state index in [9.17, 15) is 14.7 Å². The zero-order chi connectivity index (χ0) is 20.7. The topological polar surface area (TPSA) is 72.8 Å². The lowest BCUT2D eigenvalue weighted by Gasteiger charge is -2.44. The summed E-state index contributed by atoms with van der Waals surface area (Å²) in [5, 5.41) is 11.7. The van der Waals surface area contributed by atoms with E-state index in [1.165, 1.54) is 0 Å². The highest BCUT2D eigenvalue weighted by molar-refractivity contribution is 5.93. The van der Waals surface area contributed by atoms with Gasteiger partial charge in [0.15, 0.2) is 0 Å². The maximum Gasteiger partial charge on any atom is 0.338 e. The lowest BCUT2D eigenvalue weighted by molar-refractivity contribution is -0.155. The zero-order valence-electron chi connectivity index (χ0n) is 17.3. The standard InChI is InChI=1S/C23H30O5/c1-14(2)18-13-19(24)22(4)20(12-15(3)10-11-23(18,22)26)28-21(25)16-6-8-17(27-5)9-7-16/h6-9,12,14,18,20,26H,10-11,13H2,1-5H3/t18-,20+,22-,23-/m1/s1. The summed E-state index contributed by atoms with van der Waals surface area (Å²) in [4.78, 5) is 25.9. The monoisotopic (exact) mass is 386 g/mol. The summed E-state index contributed by atoms with van der Waals surface area (Å²) < 4.78 is 11.0. The molecule has 0 unspecified atom stereocenters. The maximum absolute atomic E-state index is 13.1. The first-order chi connectivity index (χ1) is 13.1. The number of aliphatic hydroxyl groups is 1. The predicted octanol–water partition coefficient (Wildman–Crippen LogP) is 3.94. The third-order valence-electron chi connectivity index (χ3n) is 6.77. The molecule has 1 saturated carbocycles. The smallest absolute Gasteiger partial charge is 0.338 e. The lowest BCUT2D eigenvalue weighted by Crippen LogP contribution is -2.56. The Morgan fingerprint density at radius 2 is 1.89 bits per heavy atom. The molecule has 1 N–H and O–H groups in total. The van der Waals surface area contributed by atoms with Crippen molar-refractivity contribution in [1.29, 1.82) is 0 Å². The molecule has 5 nitrogen and oxygen atoms in total. The molecule has 0 radical (unpaired) electrons. The van der Waals surface area contributed by atoms with Crippen LogP contribution in [0.1, 0.15) is 57.3 Å². The first-order valence-electron chi connectivity index (χ1n) is 9.91. The average Bonchev–Trinajstić information content (AvgIpc) is 2.82. The molecule has 1 aromatic rings. The van der Waals surface area contributed by atoms with Crippen LogP contribution in [0.5, 0.6) is 5.75 Å². The van der Waals surface area contributed by atoms with Crippen LogP contribution in [-0.4, -0.2) is 35.7 Å². The Labute approximate surface area is 166 Å². The van der Waals surface area contributed by atoms with Crippen molar-refractivity contribution in [2.75, 3.05) is 7.11 Å². The van der Waals surface area contributed by atoms with Crippen molar-refractivity contribution in [3.05, 3.63) is 41.5 Å². The Morgan fingerprint density at radius 3 is 2.46 bits per heavy atom. The quantitative estimate of drug-likeness (QED) is 0.627. The van der Waals surface area contributed by atoms with Gasteiger partial charge in [-0.15, -0.1) is 0 Å². The third kappa shape index (κ3) is 3.16. The van der Waals surface area contributed by atoms with E-state index < -0.39 is 23.1 Å². The minimum atomic E-state index is -1.20. The molecule has 0 bridgehead atoms. The van der Waals surface area contributed by atoms with Gasteiger partial charge in [-0.1, -0.05) is 19.4 Å². The number of carbonyl (C=O) groups is 2. The summed E-state index contributed by atoms with van der Waals surface area (Å²) in [5.41, 5.74) is -0.944. The van der Waals surface area contributed by atoms with E-state index >= 15 is 0 Å². The van der Waals surface area contributed by atoms with Crippen LogP contribution in [0.15, 0.2) is 35.9 Å². The number of fused-ring (bicyclic) bond motifs is 1. The maximum atomic E-state index is 13.1. The molecule has 0 heterocycles.